The lowest BCUT2D eigenvalue weighted by Gasteiger charge is -2.34. The average Bonchev–Trinajstić information content (AvgIpc) is 2.36. The highest BCUT2D eigenvalue weighted by molar-refractivity contribution is 7.89. The maximum Gasteiger partial charge on any atom is 0.322 e. The second-order valence-corrected chi connectivity index (χ2v) is 6.45. The first-order valence-corrected chi connectivity index (χ1v) is 7.76. The van der Waals surface area contributed by atoms with E-state index in [4.69, 9.17) is 5.11 Å². The van der Waals surface area contributed by atoms with Gasteiger partial charge in [0.05, 0.1) is 7.11 Å². The number of piperidine rings is 1. The van der Waals surface area contributed by atoms with Crippen molar-refractivity contribution in [2.45, 2.75) is 38.1 Å². The molecule has 1 saturated heterocycles. The number of hydrogen-bond acceptors (Lipinski definition) is 5. The smallest absolute Gasteiger partial charge is 0.322 e. The molecule has 1 atom stereocenters. The minimum absolute atomic E-state index is 0.0745. The van der Waals surface area contributed by atoms with Crippen molar-refractivity contribution in [2.75, 3.05) is 19.4 Å². The van der Waals surface area contributed by atoms with Gasteiger partial charge in [-0.15, -0.1) is 0 Å². The number of carboxylic acid groups (broad SMARTS) is 1. The first-order chi connectivity index (χ1) is 8.86. The number of hydrogen-bond donors (Lipinski definition) is 1. The SMILES string of the molecule is COC(=O)CS(=O)(=O)N1CCCCC1CCC(=O)O. The summed E-state index contributed by atoms with van der Waals surface area (Å²) < 4.78 is 29.8. The van der Waals surface area contributed by atoms with Gasteiger partial charge in [-0.05, 0) is 19.3 Å². The number of methoxy groups -OCH3 is 1. The van der Waals surface area contributed by atoms with Crippen molar-refractivity contribution in [3.63, 3.8) is 0 Å². The van der Waals surface area contributed by atoms with Crippen LogP contribution in [0.1, 0.15) is 32.1 Å². The Kier molecular flexibility index (Phi) is 5.74. The quantitative estimate of drug-likeness (QED) is 0.702. The lowest BCUT2D eigenvalue weighted by molar-refractivity contribution is -0.138. The molecule has 1 heterocycles. The van der Waals surface area contributed by atoms with Gasteiger partial charge >= 0.3 is 11.9 Å². The zero-order chi connectivity index (χ0) is 14.5. The first-order valence-electron chi connectivity index (χ1n) is 6.15. The molecule has 0 bridgehead atoms. The van der Waals surface area contributed by atoms with E-state index >= 15 is 0 Å². The number of nitrogens with zero attached hydrogens (tertiary/aromatic N) is 1. The Hall–Kier alpha value is -1.15. The molecule has 7 nitrogen and oxygen atoms in total. The molecule has 0 spiro atoms. The summed E-state index contributed by atoms with van der Waals surface area (Å²) >= 11 is 0. The molecule has 0 amide bonds. The summed E-state index contributed by atoms with van der Waals surface area (Å²) in [5.74, 6) is -2.44. The third-order valence-corrected chi connectivity index (χ3v) is 4.95. The van der Waals surface area contributed by atoms with Crippen LogP contribution in [0.25, 0.3) is 0 Å². The van der Waals surface area contributed by atoms with Crippen LogP contribution in [-0.4, -0.2) is 55.2 Å². The van der Waals surface area contributed by atoms with E-state index in [-0.39, 0.29) is 18.9 Å². The van der Waals surface area contributed by atoms with E-state index in [0.717, 1.165) is 20.0 Å². The molecule has 1 aliphatic heterocycles. The number of carbonyl (C=O) groups is 2. The molecule has 19 heavy (non-hydrogen) atoms. The largest absolute Gasteiger partial charge is 0.481 e. The standard InChI is InChI=1S/C11H19NO6S/c1-18-11(15)8-19(16,17)12-7-3-2-4-9(12)5-6-10(13)14/h9H,2-8H2,1H3,(H,13,14). The monoisotopic (exact) mass is 293 g/mol. The van der Waals surface area contributed by atoms with Crippen LogP contribution in [0.4, 0.5) is 0 Å². The van der Waals surface area contributed by atoms with Gasteiger partial charge in [-0.3, -0.25) is 9.59 Å². The summed E-state index contributed by atoms with van der Waals surface area (Å²) in [6.07, 6.45) is 2.43. The van der Waals surface area contributed by atoms with Crippen molar-refractivity contribution in [2.24, 2.45) is 0 Å². The molecule has 0 aromatic carbocycles. The summed E-state index contributed by atoms with van der Waals surface area (Å²) in [4.78, 5) is 21.7. The lowest BCUT2D eigenvalue weighted by atomic mass is 10.0. The molecular formula is C11H19NO6S. The third kappa shape index (κ3) is 4.79. The van der Waals surface area contributed by atoms with Crippen molar-refractivity contribution in [3.8, 4) is 0 Å². The summed E-state index contributed by atoms with van der Waals surface area (Å²) in [6, 6.07) is -0.334. The van der Waals surface area contributed by atoms with Crippen molar-refractivity contribution in [3.05, 3.63) is 0 Å². The summed E-state index contributed by atoms with van der Waals surface area (Å²) in [5.41, 5.74) is 0. The Morgan fingerprint density at radius 3 is 2.63 bits per heavy atom. The summed E-state index contributed by atoms with van der Waals surface area (Å²) in [7, 11) is -2.59. The Bertz CT molecular complexity index is 432. The molecule has 1 fully saturated rings. The van der Waals surface area contributed by atoms with Gasteiger partial charge in [0.2, 0.25) is 10.0 Å². The van der Waals surface area contributed by atoms with Crippen molar-refractivity contribution in [1.82, 2.24) is 4.31 Å². The van der Waals surface area contributed by atoms with E-state index in [1.165, 1.54) is 4.31 Å². The molecule has 1 N–H and O–H groups in total. The Labute approximate surface area is 112 Å². The zero-order valence-electron chi connectivity index (χ0n) is 10.9. The number of carbonyl (C=O) groups excluding carboxylic acids is 1. The van der Waals surface area contributed by atoms with Gasteiger partial charge in [-0.2, -0.15) is 4.31 Å². The fourth-order valence-corrected chi connectivity index (χ4v) is 3.86. The third-order valence-electron chi connectivity index (χ3n) is 3.15. The molecular weight excluding hydrogens is 274 g/mol. The molecule has 1 unspecified atom stereocenters. The second kappa shape index (κ2) is 6.85. The number of aliphatic carboxylic acids is 1. The molecule has 8 heteroatoms. The Morgan fingerprint density at radius 1 is 1.37 bits per heavy atom. The molecule has 0 saturated carbocycles. The van der Waals surface area contributed by atoms with Crippen molar-refractivity contribution < 1.29 is 27.9 Å². The van der Waals surface area contributed by atoms with E-state index in [1.807, 2.05) is 0 Å². The van der Waals surface area contributed by atoms with Crippen molar-refractivity contribution >= 4 is 22.0 Å². The maximum absolute atomic E-state index is 12.1. The van der Waals surface area contributed by atoms with Crippen LogP contribution >= 0.6 is 0 Å². The van der Waals surface area contributed by atoms with Crippen LogP contribution < -0.4 is 0 Å². The summed E-state index contributed by atoms with van der Waals surface area (Å²) in [5, 5.41) is 8.67. The van der Waals surface area contributed by atoms with E-state index in [1.54, 1.807) is 0 Å². The summed E-state index contributed by atoms with van der Waals surface area (Å²) in [6.45, 7) is 0.337. The predicted octanol–water partition coefficient (Wildman–Crippen LogP) is 0.209. The molecule has 1 rings (SSSR count). The highest BCUT2D eigenvalue weighted by Crippen LogP contribution is 2.24. The molecule has 1 aliphatic rings. The Balaban J connectivity index is 2.75. The fourth-order valence-electron chi connectivity index (χ4n) is 2.21. The molecule has 110 valence electrons. The van der Waals surface area contributed by atoms with Gasteiger partial charge in [0.1, 0.15) is 0 Å². The topological polar surface area (TPSA) is 101 Å². The number of rotatable bonds is 6. The number of esters is 1. The fraction of sp³-hybridized carbons (Fsp3) is 0.818. The first kappa shape index (κ1) is 15.9. The predicted molar refractivity (Wildman–Crippen MR) is 67.0 cm³/mol. The lowest BCUT2D eigenvalue weighted by Crippen LogP contribution is -2.46. The van der Waals surface area contributed by atoms with Crippen LogP contribution in [0, 0.1) is 0 Å². The second-order valence-electron chi connectivity index (χ2n) is 4.53. The van der Waals surface area contributed by atoms with Crippen LogP contribution in [0.5, 0.6) is 0 Å². The van der Waals surface area contributed by atoms with Gasteiger partial charge in [0, 0.05) is 19.0 Å². The molecule has 0 radical (unpaired) electrons. The highest BCUT2D eigenvalue weighted by Gasteiger charge is 2.33. The normalized spacial score (nSPS) is 21.0. The van der Waals surface area contributed by atoms with Crippen LogP contribution in [0.15, 0.2) is 0 Å². The van der Waals surface area contributed by atoms with Gasteiger partial charge < -0.3 is 9.84 Å². The number of carboxylic acids is 1. The van der Waals surface area contributed by atoms with Gasteiger partial charge in [-0.1, -0.05) is 6.42 Å². The highest BCUT2D eigenvalue weighted by atomic mass is 32.2. The molecule has 0 aromatic heterocycles. The minimum Gasteiger partial charge on any atom is -0.481 e. The van der Waals surface area contributed by atoms with E-state index < -0.39 is 27.7 Å². The van der Waals surface area contributed by atoms with E-state index in [0.29, 0.717) is 13.0 Å². The van der Waals surface area contributed by atoms with Crippen molar-refractivity contribution in [1.29, 1.82) is 0 Å². The van der Waals surface area contributed by atoms with Gasteiger partial charge in [0.15, 0.2) is 5.75 Å². The van der Waals surface area contributed by atoms with E-state index in [9.17, 15) is 18.0 Å². The maximum atomic E-state index is 12.1. The number of sulfonamides is 1. The van der Waals surface area contributed by atoms with Gasteiger partial charge in [-0.25, -0.2) is 8.42 Å². The van der Waals surface area contributed by atoms with Crippen LogP contribution in [-0.2, 0) is 24.3 Å². The van der Waals surface area contributed by atoms with Crippen LogP contribution in [0.2, 0.25) is 0 Å². The van der Waals surface area contributed by atoms with Crippen LogP contribution in [0.3, 0.4) is 0 Å². The molecule has 0 aromatic rings. The van der Waals surface area contributed by atoms with Gasteiger partial charge in [0.25, 0.3) is 0 Å². The number of ether oxygens (including phenoxy) is 1. The average molecular weight is 293 g/mol. The zero-order valence-corrected chi connectivity index (χ0v) is 11.7. The minimum atomic E-state index is -3.73. The van der Waals surface area contributed by atoms with E-state index in [2.05, 4.69) is 4.74 Å². The molecule has 0 aliphatic carbocycles. The Morgan fingerprint density at radius 2 is 2.05 bits per heavy atom.